The monoisotopic (exact) mass is 394 g/mol. The lowest BCUT2D eigenvalue weighted by Crippen LogP contribution is -2.25. The summed E-state index contributed by atoms with van der Waals surface area (Å²) in [6.45, 7) is 9.42. The van der Waals surface area contributed by atoms with Crippen LogP contribution in [0, 0.1) is 13.8 Å². The highest BCUT2D eigenvalue weighted by Crippen LogP contribution is 2.44. The third-order valence-corrected chi connectivity index (χ3v) is 7.23. The Bertz CT molecular complexity index is 908. The molecule has 0 fully saturated rings. The Labute approximate surface area is 172 Å². The number of ether oxygens (including phenoxy) is 1. The summed E-state index contributed by atoms with van der Waals surface area (Å²) < 4.78 is 6.07. The van der Waals surface area contributed by atoms with Crippen LogP contribution in [0.4, 0.5) is 0 Å². The van der Waals surface area contributed by atoms with Crippen LogP contribution in [0.2, 0.25) is 0 Å². The van der Waals surface area contributed by atoms with Crippen LogP contribution in [-0.2, 0) is 18.6 Å². The van der Waals surface area contributed by atoms with Gasteiger partial charge in [-0.05, 0) is 61.1 Å². The van der Waals surface area contributed by atoms with Crippen molar-refractivity contribution in [3.8, 4) is 5.75 Å². The largest absolute Gasteiger partial charge is 0.489 e. The zero-order chi connectivity index (χ0) is 20.1. The van der Waals surface area contributed by atoms with Crippen molar-refractivity contribution in [1.29, 1.82) is 0 Å². The highest BCUT2D eigenvalue weighted by Gasteiger charge is 2.33. The van der Waals surface area contributed by atoms with Crippen LogP contribution >= 0.6 is 11.3 Å². The molecule has 1 N–H and O–H groups in total. The van der Waals surface area contributed by atoms with Gasteiger partial charge in [-0.25, -0.2) is 0 Å². The fourth-order valence-corrected chi connectivity index (χ4v) is 5.29. The Morgan fingerprint density at radius 1 is 0.929 bits per heavy atom. The minimum absolute atomic E-state index is 0.0223. The van der Waals surface area contributed by atoms with Gasteiger partial charge < -0.3 is 9.84 Å². The summed E-state index contributed by atoms with van der Waals surface area (Å²) in [5.41, 5.74) is 4.83. The van der Waals surface area contributed by atoms with Crippen molar-refractivity contribution in [2.24, 2.45) is 0 Å². The highest BCUT2D eigenvalue weighted by atomic mass is 32.1. The van der Waals surface area contributed by atoms with Crippen LogP contribution in [0.3, 0.4) is 0 Å². The summed E-state index contributed by atoms with van der Waals surface area (Å²) in [4.78, 5) is 2.41. The molecule has 0 aliphatic rings. The van der Waals surface area contributed by atoms with E-state index in [9.17, 15) is 5.11 Å². The van der Waals surface area contributed by atoms with Gasteiger partial charge in [0.25, 0.3) is 0 Å². The first-order valence-electron chi connectivity index (χ1n) is 10.0. The van der Waals surface area contributed by atoms with Crippen LogP contribution < -0.4 is 4.74 Å². The number of rotatable bonds is 8. The number of hydrogen-bond donors (Lipinski definition) is 1. The van der Waals surface area contributed by atoms with E-state index in [0.717, 1.165) is 29.0 Å². The molecule has 0 aliphatic carbocycles. The molecule has 28 heavy (non-hydrogen) atoms. The molecule has 0 bridgehead atoms. The van der Waals surface area contributed by atoms with Crippen LogP contribution in [-0.4, -0.2) is 5.11 Å². The van der Waals surface area contributed by atoms with Crippen molar-refractivity contribution >= 4 is 11.3 Å². The van der Waals surface area contributed by atoms with Gasteiger partial charge in [0, 0.05) is 15.2 Å². The lowest BCUT2D eigenvalue weighted by atomic mass is 9.74. The molecule has 2 aromatic carbocycles. The van der Waals surface area contributed by atoms with Crippen molar-refractivity contribution in [1.82, 2.24) is 0 Å². The van der Waals surface area contributed by atoms with Gasteiger partial charge >= 0.3 is 0 Å². The Kier molecular flexibility index (Phi) is 6.58. The molecular formula is C25H30O2S. The number of aryl methyl sites for hydroxylation is 2. The molecule has 0 saturated carbocycles. The molecule has 0 spiro atoms. The molecule has 2 nitrogen and oxygen atoms in total. The Hall–Kier alpha value is -2.10. The molecule has 3 heteroatoms. The number of benzene rings is 2. The van der Waals surface area contributed by atoms with E-state index in [-0.39, 0.29) is 12.0 Å². The van der Waals surface area contributed by atoms with Crippen molar-refractivity contribution in [2.45, 2.75) is 59.2 Å². The van der Waals surface area contributed by atoms with Crippen molar-refractivity contribution in [3.63, 3.8) is 0 Å². The first-order valence-corrected chi connectivity index (χ1v) is 10.8. The van der Waals surface area contributed by atoms with Gasteiger partial charge in [0.2, 0.25) is 0 Å². The van der Waals surface area contributed by atoms with E-state index in [1.165, 1.54) is 21.6 Å². The maximum Gasteiger partial charge on any atom is 0.122 e. The first-order chi connectivity index (χ1) is 13.5. The van der Waals surface area contributed by atoms with E-state index in [0.29, 0.717) is 6.61 Å². The number of aliphatic hydroxyl groups excluding tert-OH is 1. The molecule has 0 unspecified atom stereocenters. The second-order valence-electron chi connectivity index (χ2n) is 7.42. The molecule has 148 valence electrons. The standard InChI is InChI=1S/C25H30O2S/c1-5-25(6-2,24-15-19(4)23(16-26)28-24)21-12-13-22(18(3)14-21)27-17-20-10-8-7-9-11-20/h7-15,26H,5-6,16-17H2,1-4H3. The zero-order valence-corrected chi connectivity index (χ0v) is 18.1. The second kappa shape index (κ2) is 8.93. The van der Waals surface area contributed by atoms with Gasteiger partial charge in [0.1, 0.15) is 12.4 Å². The topological polar surface area (TPSA) is 29.5 Å². The molecule has 3 aromatic rings. The third kappa shape index (κ3) is 4.01. The van der Waals surface area contributed by atoms with Crippen LogP contribution in [0.15, 0.2) is 54.6 Å². The molecule has 0 atom stereocenters. The number of thiophene rings is 1. The molecule has 3 rings (SSSR count). The van der Waals surface area contributed by atoms with E-state index >= 15 is 0 Å². The Balaban J connectivity index is 1.90. The highest BCUT2D eigenvalue weighted by molar-refractivity contribution is 7.12. The smallest absolute Gasteiger partial charge is 0.122 e. The predicted octanol–water partition coefficient (Wildman–Crippen LogP) is 6.54. The Morgan fingerprint density at radius 2 is 1.64 bits per heavy atom. The summed E-state index contributed by atoms with van der Waals surface area (Å²) in [5.74, 6) is 0.937. The first kappa shape index (κ1) is 20.6. The molecule has 1 aromatic heterocycles. The zero-order valence-electron chi connectivity index (χ0n) is 17.3. The van der Waals surface area contributed by atoms with Gasteiger partial charge in [0.05, 0.1) is 6.61 Å². The average Bonchev–Trinajstić information content (AvgIpc) is 3.10. The van der Waals surface area contributed by atoms with Crippen molar-refractivity contribution in [2.75, 3.05) is 0 Å². The van der Waals surface area contributed by atoms with E-state index < -0.39 is 0 Å². The lowest BCUT2D eigenvalue weighted by molar-refractivity contribution is 0.285. The fourth-order valence-electron chi connectivity index (χ4n) is 3.91. The number of aliphatic hydroxyl groups is 1. The molecule has 0 saturated heterocycles. The van der Waals surface area contributed by atoms with E-state index in [1.807, 2.05) is 18.2 Å². The summed E-state index contributed by atoms with van der Waals surface area (Å²) in [6.07, 6.45) is 2.05. The normalized spacial score (nSPS) is 11.6. The minimum atomic E-state index is -0.0223. The minimum Gasteiger partial charge on any atom is -0.489 e. The van der Waals surface area contributed by atoms with Gasteiger partial charge in [-0.1, -0.05) is 56.3 Å². The lowest BCUT2D eigenvalue weighted by Gasteiger charge is -2.32. The van der Waals surface area contributed by atoms with E-state index in [4.69, 9.17) is 4.74 Å². The predicted molar refractivity (Wildman–Crippen MR) is 118 cm³/mol. The van der Waals surface area contributed by atoms with Crippen molar-refractivity contribution < 1.29 is 9.84 Å². The maximum atomic E-state index is 9.64. The van der Waals surface area contributed by atoms with Crippen LogP contribution in [0.25, 0.3) is 0 Å². The second-order valence-corrected chi connectivity index (χ2v) is 8.56. The molecule has 0 radical (unpaired) electrons. The fraction of sp³-hybridized carbons (Fsp3) is 0.360. The third-order valence-electron chi connectivity index (χ3n) is 5.81. The van der Waals surface area contributed by atoms with Gasteiger partial charge in [-0.3, -0.25) is 0 Å². The van der Waals surface area contributed by atoms with Crippen LogP contribution in [0.5, 0.6) is 5.75 Å². The molecule has 0 aliphatic heterocycles. The SMILES string of the molecule is CCC(CC)(c1ccc(OCc2ccccc2)c(C)c1)c1cc(C)c(CO)s1. The molecular weight excluding hydrogens is 364 g/mol. The van der Waals surface area contributed by atoms with E-state index in [2.05, 4.69) is 64.1 Å². The average molecular weight is 395 g/mol. The van der Waals surface area contributed by atoms with Crippen LogP contribution in [0.1, 0.15) is 58.7 Å². The Morgan fingerprint density at radius 3 is 2.21 bits per heavy atom. The summed E-state index contributed by atoms with van der Waals surface area (Å²) in [7, 11) is 0. The van der Waals surface area contributed by atoms with Gasteiger partial charge in [0.15, 0.2) is 0 Å². The van der Waals surface area contributed by atoms with E-state index in [1.54, 1.807) is 11.3 Å². The summed E-state index contributed by atoms with van der Waals surface area (Å²) >= 11 is 1.75. The molecule has 0 amide bonds. The maximum absolute atomic E-state index is 9.64. The molecule has 1 heterocycles. The quantitative estimate of drug-likeness (QED) is 0.470. The van der Waals surface area contributed by atoms with Crippen molar-refractivity contribution in [3.05, 3.63) is 86.6 Å². The van der Waals surface area contributed by atoms with Gasteiger partial charge in [-0.2, -0.15) is 0 Å². The van der Waals surface area contributed by atoms with Gasteiger partial charge in [-0.15, -0.1) is 11.3 Å². The summed E-state index contributed by atoms with van der Waals surface area (Å²) in [6, 6.07) is 19.1. The number of hydrogen-bond acceptors (Lipinski definition) is 3. The summed E-state index contributed by atoms with van der Waals surface area (Å²) in [5, 5.41) is 9.64.